The highest BCUT2D eigenvalue weighted by molar-refractivity contribution is 8.01. The van der Waals surface area contributed by atoms with Gasteiger partial charge >= 0.3 is 0 Å². The van der Waals surface area contributed by atoms with Gasteiger partial charge in [-0.3, -0.25) is 4.79 Å². The lowest BCUT2D eigenvalue weighted by Crippen LogP contribution is -2.49. The molecule has 4 nitrogen and oxygen atoms in total. The first-order chi connectivity index (χ1) is 12.1. The topological polar surface area (TPSA) is 52.6 Å². The SMILES string of the molecule is O=C(CSC12CC3CC(CC(C3)C1)C2)NCCN1CCCC(CO)C1. The summed E-state index contributed by atoms with van der Waals surface area (Å²) in [5, 5.41) is 12.4. The van der Waals surface area contributed by atoms with Gasteiger partial charge in [-0.15, -0.1) is 11.8 Å². The van der Waals surface area contributed by atoms with Crippen molar-refractivity contribution in [3.05, 3.63) is 0 Å². The van der Waals surface area contributed by atoms with Crippen molar-refractivity contribution in [3.63, 3.8) is 0 Å². The molecule has 0 aromatic heterocycles. The van der Waals surface area contributed by atoms with Crippen molar-refractivity contribution < 1.29 is 9.90 Å². The molecule has 1 amide bonds. The van der Waals surface area contributed by atoms with E-state index in [4.69, 9.17) is 0 Å². The molecule has 5 fully saturated rings. The van der Waals surface area contributed by atoms with Crippen LogP contribution in [-0.4, -0.2) is 59.2 Å². The Hall–Kier alpha value is -0.260. The summed E-state index contributed by atoms with van der Waals surface area (Å²) in [6.45, 7) is 4.05. The Morgan fingerprint density at radius 1 is 1.16 bits per heavy atom. The third-order valence-corrected chi connectivity index (χ3v) is 8.62. The van der Waals surface area contributed by atoms with Gasteiger partial charge in [-0.1, -0.05) is 0 Å². The van der Waals surface area contributed by atoms with E-state index < -0.39 is 0 Å². The summed E-state index contributed by atoms with van der Waals surface area (Å²) in [5.74, 6) is 4.17. The van der Waals surface area contributed by atoms with Gasteiger partial charge in [0.1, 0.15) is 0 Å². The van der Waals surface area contributed by atoms with Crippen LogP contribution in [0.1, 0.15) is 51.4 Å². The number of likely N-dealkylation sites (tertiary alicyclic amines) is 1. The zero-order valence-corrected chi connectivity index (χ0v) is 16.2. The van der Waals surface area contributed by atoms with Crippen molar-refractivity contribution in [1.29, 1.82) is 0 Å². The van der Waals surface area contributed by atoms with Gasteiger partial charge in [0.2, 0.25) is 5.91 Å². The molecule has 0 spiro atoms. The van der Waals surface area contributed by atoms with Crippen LogP contribution in [0.5, 0.6) is 0 Å². The lowest BCUT2D eigenvalue weighted by Gasteiger charge is -2.56. The van der Waals surface area contributed by atoms with Gasteiger partial charge in [0.25, 0.3) is 0 Å². The molecule has 4 aliphatic carbocycles. The maximum absolute atomic E-state index is 12.3. The van der Waals surface area contributed by atoms with E-state index in [1.54, 1.807) is 0 Å². The minimum atomic E-state index is 0.219. The molecule has 0 aromatic carbocycles. The van der Waals surface area contributed by atoms with Crippen molar-refractivity contribution in [2.45, 2.75) is 56.1 Å². The lowest BCUT2D eigenvalue weighted by molar-refractivity contribution is -0.118. The zero-order valence-electron chi connectivity index (χ0n) is 15.4. The van der Waals surface area contributed by atoms with Crippen LogP contribution < -0.4 is 5.32 Å². The van der Waals surface area contributed by atoms with Gasteiger partial charge in [0.15, 0.2) is 0 Å². The van der Waals surface area contributed by atoms with Crippen LogP contribution >= 0.6 is 11.8 Å². The zero-order chi connectivity index (χ0) is 17.3. The largest absolute Gasteiger partial charge is 0.396 e. The van der Waals surface area contributed by atoms with Gasteiger partial charge in [-0.25, -0.2) is 0 Å². The van der Waals surface area contributed by atoms with Gasteiger partial charge in [0.05, 0.1) is 5.75 Å². The van der Waals surface area contributed by atoms with E-state index in [0.29, 0.717) is 23.0 Å². The van der Waals surface area contributed by atoms with E-state index in [2.05, 4.69) is 10.2 Å². The Morgan fingerprint density at radius 3 is 2.48 bits per heavy atom. The summed E-state index contributed by atoms with van der Waals surface area (Å²) < 4.78 is 0.438. The highest BCUT2D eigenvalue weighted by Gasteiger charge is 2.51. The second-order valence-electron chi connectivity index (χ2n) is 9.23. The number of carbonyl (C=O) groups is 1. The van der Waals surface area contributed by atoms with E-state index in [0.717, 1.165) is 50.4 Å². The van der Waals surface area contributed by atoms with Crippen LogP contribution in [0, 0.1) is 23.7 Å². The first-order valence-electron chi connectivity index (χ1n) is 10.4. The van der Waals surface area contributed by atoms with Gasteiger partial charge in [-0.05, 0) is 81.6 Å². The molecule has 1 atom stereocenters. The van der Waals surface area contributed by atoms with E-state index >= 15 is 0 Å². The monoisotopic (exact) mass is 366 g/mol. The molecule has 4 bridgehead atoms. The average Bonchev–Trinajstić information content (AvgIpc) is 2.59. The van der Waals surface area contributed by atoms with Crippen molar-refractivity contribution in [2.24, 2.45) is 23.7 Å². The fourth-order valence-corrected chi connectivity index (χ4v) is 7.93. The average molecular weight is 367 g/mol. The molecule has 1 heterocycles. The number of hydrogen-bond acceptors (Lipinski definition) is 4. The number of amides is 1. The first-order valence-corrected chi connectivity index (χ1v) is 11.4. The molecule has 5 rings (SSSR count). The minimum absolute atomic E-state index is 0.219. The molecular weight excluding hydrogens is 332 g/mol. The Labute approximate surface area is 156 Å². The second-order valence-corrected chi connectivity index (χ2v) is 10.7. The maximum atomic E-state index is 12.3. The summed E-state index contributed by atoms with van der Waals surface area (Å²) in [6, 6.07) is 0. The molecule has 1 aliphatic heterocycles. The van der Waals surface area contributed by atoms with E-state index in [1.807, 2.05) is 11.8 Å². The number of thioether (sulfide) groups is 1. The number of piperidine rings is 1. The molecule has 1 saturated heterocycles. The fourth-order valence-electron chi connectivity index (χ4n) is 6.33. The smallest absolute Gasteiger partial charge is 0.230 e. The molecular formula is C20H34N2O2S. The Morgan fingerprint density at radius 2 is 1.84 bits per heavy atom. The number of rotatable bonds is 7. The molecule has 142 valence electrons. The van der Waals surface area contributed by atoms with Crippen molar-refractivity contribution in [2.75, 3.05) is 38.5 Å². The summed E-state index contributed by atoms with van der Waals surface area (Å²) in [5.41, 5.74) is 0. The number of aliphatic hydroxyl groups excluding tert-OH is 1. The van der Waals surface area contributed by atoms with Crippen LogP contribution in [0.4, 0.5) is 0 Å². The number of nitrogens with one attached hydrogen (secondary N) is 1. The summed E-state index contributed by atoms with van der Waals surface area (Å²) in [4.78, 5) is 14.7. The van der Waals surface area contributed by atoms with Crippen molar-refractivity contribution >= 4 is 17.7 Å². The summed E-state index contributed by atoms with van der Waals surface area (Å²) in [7, 11) is 0. The molecule has 1 unspecified atom stereocenters. The van der Waals surface area contributed by atoms with Gasteiger partial charge < -0.3 is 15.3 Å². The predicted molar refractivity (Wildman–Crippen MR) is 103 cm³/mol. The highest BCUT2D eigenvalue weighted by atomic mass is 32.2. The van der Waals surface area contributed by atoms with Crippen LogP contribution in [0.25, 0.3) is 0 Å². The predicted octanol–water partition coefficient (Wildman–Crippen LogP) is 2.51. The molecule has 4 saturated carbocycles. The number of aliphatic hydroxyl groups is 1. The molecule has 5 aliphatic rings. The quantitative estimate of drug-likeness (QED) is 0.727. The van der Waals surface area contributed by atoms with Gasteiger partial charge in [-0.2, -0.15) is 0 Å². The van der Waals surface area contributed by atoms with Gasteiger partial charge in [0, 0.05) is 31.0 Å². The second kappa shape index (κ2) is 7.77. The number of carbonyl (C=O) groups excluding carboxylic acids is 1. The third kappa shape index (κ3) is 4.36. The molecule has 5 heteroatoms. The lowest BCUT2D eigenvalue weighted by atomic mass is 9.56. The minimum Gasteiger partial charge on any atom is -0.396 e. The third-order valence-electron chi connectivity index (χ3n) is 7.10. The van der Waals surface area contributed by atoms with Crippen LogP contribution in [0.3, 0.4) is 0 Å². The molecule has 0 aromatic rings. The summed E-state index contributed by atoms with van der Waals surface area (Å²) >= 11 is 1.97. The maximum Gasteiger partial charge on any atom is 0.230 e. The van der Waals surface area contributed by atoms with Crippen molar-refractivity contribution in [1.82, 2.24) is 10.2 Å². The molecule has 25 heavy (non-hydrogen) atoms. The Balaban J connectivity index is 1.16. The van der Waals surface area contributed by atoms with Crippen LogP contribution in [0.2, 0.25) is 0 Å². The number of nitrogens with zero attached hydrogens (tertiary/aromatic N) is 1. The molecule has 0 radical (unpaired) electrons. The number of hydrogen-bond donors (Lipinski definition) is 2. The normalized spacial score (nSPS) is 40.4. The summed E-state index contributed by atoms with van der Waals surface area (Å²) in [6.07, 6.45) is 10.8. The van der Waals surface area contributed by atoms with Crippen LogP contribution in [0.15, 0.2) is 0 Å². The highest BCUT2D eigenvalue weighted by Crippen LogP contribution is 2.60. The molecule has 2 N–H and O–H groups in total. The van der Waals surface area contributed by atoms with Crippen LogP contribution in [-0.2, 0) is 4.79 Å². The first kappa shape index (κ1) is 18.1. The van der Waals surface area contributed by atoms with E-state index in [1.165, 1.54) is 44.9 Å². The van der Waals surface area contributed by atoms with E-state index in [-0.39, 0.29) is 5.91 Å². The van der Waals surface area contributed by atoms with Crippen molar-refractivity contribution in [3.8, 4) is 0 Å². The standard InChI is InChI=1S/C20H34N2O2S/c23-13-15-2-1-4-22(12-15)5-3-21-19(24)14-25-20-9-16-6-17(10-20)8-18(7-16)11-20/h15-18,23H,1-14H2,(H,21,24). The Bertz CT molecular complexity index is 449. The fraction of sp³-hybridized carbons (Fsp3) is 0.950. The Kier molecular flexibility index (Phi) is 5.63. The van der Waals surface area contributed by atoms with E-state index in [9.17, 15) is 9.90 Å².